The zero-order valence-electron chi connectivity index (χ0n) is 8.88. The number of aliphatic hydroxyl groups excluding tert-OH is 1. The topological polar surface area (TPSA) is 61.8 Å². The first-order valence-corrected chi connectivity index (χ1v) is 4.91. The Labute approximate surface area is 93.4 Å². The van der Waals surface area contributed by atoms with Crippen LogP contribution in [-0.2, 0) is 6.61 Å². The van der Waals surface area contributed by atoms with E-state index in [0.29, 0.717) is 5.56 Å². The number of aryl methyl sites for hydroxylation is 1. The van der Waals surface area contributed by atoms with Crippen LogP contribution in [0.5, 0.6) is 0 Å². The number of rotatable bonds is 2. The number of benzene rings is 1. The molecule has 1 N–H and O–H groups in total. The number of hydrogen-bond acceptors (Lipinski definition) is 3. The summed E-state index contributed by atoms with van der Waals surface area (Å²) >= 11 is 0. The molecule has 0 saturated carbocycles. The van der Waals surface area contributed by atoms with E-state index in [1.807, 2.05) is 19.2 Å². The number of aliphatic hydroxyl groups is 1. The van der Waals surface area contributed by atoms with Gasteiger partial charge in [0.1, 0.15) is 6.07 Å². The Morgan fingerprint density at radius 3 is 2.81 bits per heavy atom. The first kappa shape index (κ1) is 10.4. The van der Waals surface area contributed by atoms with E-state index in [0.717, 1.165) is 16.9 Å². The smallest absolute Gasteiger partial charge is 0.101 e. The molecule has 0 aliphatic carbocycles. The highest BCUT2D eigenvalue weighted by atomic mass is 16.3. The van der Waals surface area contributed by atoms with E-state index >= 15 is 0 Å². The van der Waals surface area contributed by atoms with Crippen molar-refractivity contribution in [2.75, 3.05) is 0 Å². The van der Waals surface area contributed by atoms with E-state index in [4.69, 9.17) is 10.4 Å². The summed E-state index contributed by atoms with van der Waals surface area (Å²) in [6, 6.07) is 9.23. The molecule has 0 aliphatic heterocycles. The van der Waals surface area contributed by atoms with Gasteiger partial charge in [0.05, 0.1) is 23.6 Å². The molecule has 1 heterocycles. The Morgan fingerprint density at radius 1 is 1.44 bits per heavy atom. The Bertz CT molecular complexity index is 552. The molecule has 0 atom stereocenters. The standard InChI is InChI=1S/C12H11N3O/c1-9-4-5-15(14-9)12-3-2-10(8-16)6-11(12)7-13/h2-6,16H,8H2,1H3. The van der Waals surface area contributed by atoms with E-state index in [1.54, 1.807) is 22.9 Å². The van der Waals surface area contributed by atoms with Crippen LogP contribution in [0, 0.1) is 18.3 Å². The van der Waals surface area contributed by atoms with E-state index in [1.165, 1.54) is 0 Å². The van der Waals surface area contributed by atoms with Crippen molar-refractivity contribution in [1.82, 2.24) is 9.78 Å². The van der Waals surface area contributed by atoms with Gasteiger partial charge in [-0.1, -0.05) is 6.07 Å². The van der Waals surface area contributed by atoms with Crippen LogP contribution in [0.4, 0.5) is 0 Å². The second kappa shape index (κ2) is 4.17. The van der Waals surface area contributed by atoms with E-state index < -0.39 is 0 Å². The third-order valence-corrected chi connectivity index (χ3v) is 2.33. The predicted octanol–water partition coefficient (Wildman–Crippen LogP) is 1.54. The van der Waals surface area contributed by atoms with Crippen LogP contribution < -0.4 is 0 Å². The van der Waals surface area contributed by atoms with Gasteiger partial charge in [-0.15, -0.1) is 0 Å². The molecule has 1 aromatic carbocycles. The van der Waals surface area contributed by atoms with Crippen molar-refractivity contribution < 1.29 is 5.11 Å². The highest BCUT2D eigenvalue weighted by molar-refractivity contribution is 5.50. The zero-order chi connectivity index (χ0) is 11.5. The lowest BCUT2D eigenvalue weighted by Crippen LogP contribution is -1.99. The van der Waals surface area contributed by atoms with E-state index in [-0.39, 0.29) is 6.61 Å². The SMILES string of the molecule is Cc1ccn(-c2ccc(CO)cc2C#N)n1. The summed E-state index contributed by atoms with van der Waals surface area (Å²) in [5.41, 5.74) is 2.86. The molecule has 2 rings (SSSR count). The second-order valence-electron chi connectivity index (χ2n) is 3.52. The maximum absolute atomic E-state index is 9.03. The van der Waals surface area contributed by atoms with Crippen molar-refractivity contribution in [3.63, 3.8) is 0 Å². The van der Waals surface area contributed by atoms with Crippen molar-refractivity contribution >= 4 is 0 Å². The lowest BCUT2D eigenvalue weighted by molar-refractivity contribution is 0.282. The van der Waals surface area contributed by atoms with Crippen LogP contribution >= 0.6 is 0 Å². The first-order chi connectivity index (χ1) is 7.74. The third kappa shape index (κ3) is 1.81. The van der Waals surface area contributed by atoms with Crippen molar-refractivity contribution in [3.05, 3.63) is 47.3 Å². The molecule has 4 heteroatoms. The highest BCUT2D eigenvalue weighted by Gasteiger charge is 2.06. The van der Waals surface area contributed by atoms with Gasteiger partial charge in [-0.05, 0) is 30.7 Å². The molecular formula is C12H11N3O. The van der Waals surface area contributed by atoms with Crippen LogP contribution in [0.15, 0.2) is 30.5 Å². The Morgan fingerprint density at radius 2 is 2.25 bits per heavy atom. The molecule has 0 saturated heterocycles. The minimum Gasteiger partial charge on any atom is -0.392 e. The fourth-order valence-corrected chi connectivity index (χ4v) is 1.52. The minimum absolute atomic E-state index is 0.0624. The summed E-state index contributed by atoms with van der Waals surface area (Å²) in [5, 5.41) is 22.3. The lowest BCUT2D eigenvalue weighted by atomic mass is 10.1. The Kier molecular flexibility index (Phi) is 2.71. The molecule has 0 spiro atoms. The van der Waals surface area contributed by atoms with Crippen LogP contribution in [0.3, 0.4) is 0 Å². The number of nitrogens with zero attached hydrogens (tertiary/aromatic N) is 3. The molecule has 1 aromatic heterocycles. The van der Waals surface area contributed by atoms with Crippen molar-refractivity contribution in [1.29, 1.82) is 5.26 Å². The van der Waals surface area contributed by atoms with Crippen molar-refractivity contribution in [3.8, 4) is 11.8 Å². The highest BCUT2D eigenvalue weighted by Crippen LogP contribution is 2.15. The predicted molar refractivity (Wildman–Crippen MR) is 58.9 cm³/mol. The fraction of sp³-hybridized carbons (Fsp3) is 0.167. The third-order valence-electron chi connectivity index (χ3n) is 2.33. The van der Waals surface area contributed by atoms with Crippen molar-refractivity contribution in [2.24, 2.45) is 0 Å². The summed E-state index contributed by atoms with van der Waals surface area (Å²) in [6.45, 7) is 1.83. The Hall–Kier alpha value is -2.12. The molecular weight excluding hydrogens is 202 g/mol. The summed E-state index contributed by atoms with van der Waals surface area (Å²) in [4.78, 5) is 0. The number of nitriles is 1. The molecule has 0 radical (unpaired) electrons. The van der Waals surface area contributed by atoms with Gasteiger partial charge in [0.15, 0.2) is 0 Å². The van der Waals surface area contributed by atoms with Gasteiger partial charge in [-0.2, -0.15) is 10.4 Å². The van der Waals surface area contributed by atoms with E-state index in [9.17, 15) is 0 Å². The van der Waals surface area contributed by atoms with Gasteiger partial charge >= 0.3 is 0 Å². The maximum atomic E-state index is 9.03. The summed E-state index contributed by atoms with van der Waals surface area (Å²) in [5.74, 6) is 0. The average molecular weight is 213 g/mol. The summed E-state index contributed by atoms with van der Waals surface area (Å²) < 4.78 is 1.66. The first-order valence-electron chi connectivity index (χ1n) is 4.91. The van der Waals surface area contributed by atoms with E-state index in [2.05, 4.69) is 11.2 Å². The molecule has 4 nitrogen and oxygen atoms in total. The molecule has 0 fully saturated rings. The van der Waals surface area contributed by atoms with Gasteiger partial charge in [0.2, 0.25) is 0 Å². The molecule has 2 aromatic rings. The molecule has 16 heavy (non-hydrogen) atoms. The minimum atomic E-state index is -0.0624. The van der Waals surface area contributed by atoms with Crippen molar-refractivity contribution in [2.45, 2.75) is 13.5 Å². The lowest BCUT2D eigenvalue weighted by Gasteiger charge is -2.05. The molecule has 80 valence electrons. The zero-order valence-corrected chi connectivity index (χ0v) is 8.88. The summed E-state index contributed by atoms with van der Waals surface area (Å²) in [6.07, 6.45) is 1.81. The number of aromatic nitrogens is 2. The van der Waals surface area contributed by atoms with Gasteiger partial charge in [-0.25, -0.2) is 4.68 Å². The fourth-order valence-electron chi connectivity index (χ4n) is 1.52. The van der Waals surface area contributed by atoms with Gasteiger partial charge < -0.3 is 5.11 Å². The van der Waals surface area contributed by atoms with Gasteiger partial charge in [0.25, 0.3) is 0 Å². The largest absolute Gasteiger partial charge is 0.392 e. The number of hydrogen-bond donors (Lipinski definition) is 1. The van der Waals surface area contributed by atoms with Gasteiger partial charge in [-0.3, -0.25) is 0 Å². The van der Waals surface area contributed by atoms with Crippen LogP contribution in [0.25, 0.3) is 5.69 Å². The maximum Gasteiger partial charge on any atom is 0.101 e. The van der Waals surface area contributed by atoms with Gasteiger partial charge in [0, 0.05) is 6.20 Å². The summed E-state index contributed by atoms with van der Waals surface area (Å²) in [7, 11) is 0. The average Bonchev–Trinajstić information content (AvgIpc) is 2.74. The quantitative estimate of drug-likeness (QED) is 0.823. The molecule has 0 bridgehead atoms. The molecule has 0 amide bonds. The molecule has 0 unspecified atom stereocenters. The molecule has 0 aliphatic rings. The van der Waals surface area contributed by atoms with Crippen LogP contribution in [-0.4, -0.2) is 14.9 Å². The second-order valence-corrected chi connectivity index (χ2v) is 3.52. The normalized spacial score (nSPS) is 10.1. The Balaban J connectivity index is 2.53. The monoisotopic (exact) mass is 213 g/mol. The van der Waals surface area contributed by atoms with Crippen LogP contribution in [0.1, 0.15) is 16.8 Å². The van der Waals surface area contributed by atoms with Crippen LogP contribution in [0.2, 0.25) is 0 Å².